The third kappa shape index (κ3) is 5.78. The van der Waals surface area contributed by atoms with Crippen molar-refractivity contribution in [1.29, 1.82) is 0 Å². The average Bonchev–Trinajstić information content (AvgIpc) is 3.55. The second kappa shape index (κ2) is 11.0. The number of anilines is 1. The number of rotatable bonds is 10. The largest absolute Gasteiger partial charge is 0.390 e. The van der Waals surface area contributed by atoms with Crippen LogP contribution in [0.4, 0.5) is 10.9 Å². The second-order valence-electron chi connectivity index (χ2n) is 8.13. The van der Waals surface area contributed by atoms with Crippen molar-refractivity contribution in [3.05, 3.63) is 32.7 Å². The third-order valence-corrected chi connectivity index (χ3v) is 7.75. The highest BCUT2D eigenvalue weighted by molar-refractivity contribution is 7.99. The fraction of sp³-hybridized carbons (Fsp3) is 0.600. The van der Waals surface area contributed by atoms with Gasteiger partial charge in [-0.05, 0) is 31.6 Å². The van der Waals surface area contributed by atoms with Crippen LogP contribution in [0.1, 0.15) is 61.5 Å². The molecule has 3 heterocycles. The highest BCUT2D eigenvalue weighted by Crippen LogP contribution is 2.35. The molecule has 1 aliphatic carbocycles. The first-order valence-corrected chi connectivity index (χ1v) is 13.1. The van der Waals surface area contributed by atoms with Crippen molar-refractivity contribution in [2.45, 2.75) is 76.5 Å². The van der Waals surface area contributed by atoms with Crippen LogP contribution in [0.3, 0.4) is 0 Å². The van der Waals surface area contributed by atoms with Gasteiger partial charge < -0.3 is 14.7 Å². The van der Waals surface area contributed by atoms with Gasteiger partial charge in [0.05, 0.1) is 29.2 Å². The van der Waals surface area contributed by atoms with Crippen LogP contribution < -0.4 is 5.32 Å². The molecule has 1 amide bonds. The molecule has 0 saturated heterocycles. The quantitative estimate of drug-likeness (QED) is 0.248. The Balaban J connectivity index is 1.30. The maximum Gasteiger partial charge on any atom is 0.390 e. The van der Waals surface area contributed by atoms with Crippen molar-refractivity contribution < 1.29 is 9.72 Å². The SMILES string of the molecule is CCn1c(CCn2nc([N+](=O)[O-])cc2C)nnc1SCC(=O)Nc1nnc(C2CCCCC2)s1. The van der Waals surface area contributed by atoms with E-state index in [1.807, 2.05) is 11.5 Å². The number of nitrogens with one attached hydrogen (secondary N) is 1. The van der Waals surface area contributed by atoms with Crippen LogP contribution >= 0.6 is 23.1 Å². The van der Waals surface area contributed by atoms with E-state index in [2.05, 4.69) is 30.8 Å². The van der Waals surface area contributed by atoms with Gasteiger partial charge in [0, 0.05) is 18.9 Å². The second-order valence-corrected chi connectivity index (χ2v) is 10.1. The molecule has 1 fully saturated rings. The van der Waals surface area contributed by atoms with Gasteiger partial charge in [0.1, 0.15) is 10.8 Å². The van der Waals surface area contributed by atoms with E-state index in [0.29, 0.717) is 41.4 Å². The fourth-order valence-electron chi connectivity index (χ4n) is 4.03. The van der Waals surface area contributed by atoms with E-state index in [4.69, 9.17) is 0 Å². The van der Waals surface area contributed by atoms with Crippen LogP contribution in [0.2, 0.25) is 0 Å². The van der Waals surface area contributed by atoms with E-state index in [9.17, 15) is 14.9 Å². The molecule has 1 saturated carbocycles. The lowest BCUT2D eigenvalue weighted by molar-refractivity contribution is -0.389. The molecule has 14 heteroatoms. The summed E-state index contributed by atoms with van der Waals surface area (Å²) in [6, 6.07) is 1.44. The predicted molar refractivity (Wildman–Crippen MR) is 128 cm³/mol. The molecule has 1 aliphatic rings. The summed E-state index contributed by atoms with van der Waals surface area (Å²) < 4.78 is 3.54. The monoisotopic (exact) mass is 505 g/mol. The smallest absolute Gasteiger partial charge is 0.358 e. The molecule has 34 heavy (non-hydrogen) atoms. The zero-order chi connectivity index (χ0) is 24.1. The topological polar surface area (TPSA) is 147 Å². The van der Waals surface area contributed by atoms with Gasteiger partial charge in [-0.2, -0.15) is 4.68 Å². The summed E-state index contributed by atoms with van der Waals surface area (Å²) in [6.45, 7) is 4.85. The summed E-state index contributed by atoms with van der Waals surface area (Å²) in [4.78, 5) is 22.9. The summed E-state index contributed by atoms with van der Waals surface area (Å²) in [5.74, 6) is 1.05. The van der Waals surface area contributed by atoms with Gasteiger partial charge in [0.2, 0.25) is 11.0 Å². The number of aryl methyl sites for hydroxylation is 3. The molecule has 1 N–H and O–H groups in total. The lowest BCUT2D eigenvalue weighted by Gasteiger charge is -2.18. The molecule has 0 unspecified atom stereocenters. The molecule has 3 aromatic rings. The Morgan fingerprint density at radius 2 is 2.06 bits per heavy atom. The van der Waals surface area contributed by atoms with Crippen molar-refractivity contribution in [3.63, 3.8) is 0 Å². The van der Waals surface area contributed by atoms with Crippen LogP contribution in [0.5, 0.6) is 0 Å². The molecule has 3 aromatic heterocycles. The maximum atomic E-state index is 12.5. The minimum atomic E-state index is -0.504. The van der Waals surface area contributed by atoms with Crippen LogP contribution in [-0.4, -0.2) is 51.3 Å². The zero-order valence-corrected chi connectivity index (χ0v) is 20.8. The standard InChI is InChI=1S/C20H27N9O3S2/c1-3-27-15(9-10-28-13(2)11-16(26-28)29(31)32)22-25-20(27)33-12-17(30)21-19-24-23-18(34-19)14-7-5-4-6-8-14/h11,14H,3-10,12H2,1-2H3,(H,21,24,30). The van der Waals surface area contributed by atoms with E-state index in [1.165, 1.54) is 48.4 Å². The number of hydrogen-bond acceptors (Lipinski definition) is 10. The highest BCUT2D eigenvalue weighted by atomic mass is 32.2. The average molecular weight is 506 g/mol. The van der Waals surface area contributed by atoms with Gasteiger partial charge in [-0.1, -0.05) is 42.4 Å². The number of nitrogens with zero attached hydrogens (tertiary/aromatic N) is 8. The fourth-order valence-corrected chi connectivity index (χ4v) is 5.78. The molecule has 0 aromatic carbocycles. The molecule has 0 bridgehead atoms. The summed E-state index contributed by atoms with van der Waals surface area (Å²) in [5.41, 5.74) is 0.712. The van der Waals surface area contributed by atoms with Crippen molar-refractivity contribution in [1.82, 2.24) is 34.7 Å². The predicted octanol–water partition coefficient (Wildman–Crippen LogP) is 3.58. The number of hydrogen-bond donors (Lipinski definition) is 1. The highest BCUT2D eigenvalue weighted by Gasteiger charge is 2.21. The van der Waals surface area contributed by atoms with Gasteiger partial charge >= 0.3 is 5.82 Å². The Morgan fingerprint density at radius 3 is 2.76 bits per heavy atom. The van der Waals surface area contributed by atoms with Crippen molar-refractivity contribution >= 4 is 40.0 Å². The maximum absolute atomic E-state index is 12.5. The van der Waals surface area contributed by atoms with Gasteiger partial charge in [-0.15, -0.1) is 20.4 Å². The minimum absolute atomic E-state index is 0.164. The van der Waals surface area contributed by atoms with E-state index in [1.54, 1.807) is 11.6 Å². The lowest BCUT2D eigenvalue weighted by Crippen LogP contribution is -2.15. The Labute approximate surface area is 204 Å². The molecule has 0 spiro atoms. The van der Waals surface area contributed by atoms with Crippen molar-refractivity contribution in [2.75, 3.05) is 11.1 Å². The van der Waals surface area contributed by atoms with Crippen LogP contribution in [0, 0.1) is 17.0 Å². The molecule has 182 valence electrons. The van der Waals surface area contributed by atoms with E-state index in [-0.39, 0.29) is 17.5 Å². The van der Waals surface area contributed by atoms with Crippen LogP contribution in [-0.2, 0) is 24.3 Å². The van der Waals surface area contributed by atoms with Gasteiger partial charge in [0.15, 0.2) is 5.16 Å². The molecular formula is C20H27N9O3S2. The first-order chi connectivity index (χ1) is 16.4. The van der Waals surface area contributed by atoms with Crippen molar-refractivity contribution in [2.24, 2.45) is 0 Å². The van der Waals surface area contributed by atoms with Gasteiger partial charge in [0.25, 0.3) is 0 Å². The third-order valence-electron chi connectivity index (χ3n) is 5.79. The zero-order valence-electron chi connectivity index (χ0n) is 19.1. The lowest BCUT2D eigenvalue weighted by atomic mass is 9.90. The summed E-state index contributed by atoms with van der Waals surface area (Å²) in [7, 11) is 0. The first kappa shape index (κ1) is 24.3. The molecular weight excluding hydrogens is 478 g/mol. The Morgan fingerprint density at radius 1 is 1.26 bits per heavy atom. The molecule has 0 radical (unpaired) electrons. The Hall–Kier alpha value is -2.87. The summed E-state index contributed by atoms with van der Waals surface area (Å²) >= 11 is 2.77. The van der Waals surface area contributed by atoms with E-state index < -0.39 is 4.92 Å². The number of carbonyl (C=O) groups excluding carboxylic acids is 1. The molecule has 0 atom stereocenters. The summed E-state index contributed by atoms with van der Waals surface area (Å²) in [6.07, 6.45) is 6.54. The number of nitro groups is 1. The Kier molecular flexibility index (Phi) is 7.88. The molecule has 12 nitrogen and oxygen atoms in total. The number of aromatic nitrogens is 7. The van der Waals surface area contributed by atoms with Gasteiger partial charge in [-0.3, -0.25) is 10.1 Å². The first-order valence-electron chi connectivity index (χ1n) is 11.3. The Bertz CT molecular complexity index is 1150. The molecule has 0 aliphatic heterocycles. The van der Waals surface area contributed by atoms with Gasteiger partial charge in [-0.25, -0.2) is 0 Å². The van der Waals surface area contributed by atoms with Crippen LogP contribution in [0.15, 0.2) is 11.2 Å². The van der Waals surface area contributed by atoms with Crippen molar-refractivity contribution in [3.8, 4) is 0 Å². The number of thioether (sulfide) groups is 1. The van der Waals surface area contributed by atoms with E-state index in [0.717, 1.165) is 23.7 Å². The normalized spacial score (nSPS) is 14.4. The van der Waals surface area contributed by atoms with E-state index >= 15 is 0 Å². The summed E-state index contributed by atoms with van der Waals surface area (Å²) in [5, 5.41) is 36.9. The molecule has 4 rings (SSSR count). The number of carbonyl (C=O) groups is 1. The van der Waals surface area contributed by atoms with Crippen LogP contribution in [0.25, 0.3) is 0 Å². The minimum Gasteiger partial charge on any atom is -0.358 e. The number of amides is 1.